The molecule has 0 radical (unpaired) electrons. The van der Waals surface area contributed by atoms with Gasteiger partial charge in [0.25, 0.3) is 5.91 Å². The quantitative estimate of drug-likeness (QED) is 0.878. The third-order valence-electron chi connectivity index (χ3n) is 3.68. The topological polar surface area (TPSA) is 47.6 Å². The zero-order valence-electron chi connectivity index (χ0n) is 12.3. The van der Waals surface area contributed by atoms with Crippen LogP contribution in [0.2, 0.25) is 0 Å². The zero-order valence-corrected chi connectivity index (χ0v) is 12.3. The van der Waals surface area contributed by atoms with Gasteiger partial charge in [-0.15, -0.1) is 0 Å². The highest BCUT2D eigenvalue weighted by Crippen LogP contribution is 2.19. The van der Waals surface area contributed by atoms with Crippen LogP contribution in [0.25, 0.3) is 11.1 Å². The van der Waals surface area contributed by atoms with E-state index in [1.54, 1.807) is 12.1 Å². The van der Waals surface area contributed by atoms with Crippen LogP contribution in [0.5, 0.6) is 0 Å². The molecule has 3 rings (SSSR count). The van der Waals surface area contributed by atoms with Crippen molar-refractivity contribution < 1.29 is 14.4 Å². The molecule has 0 saturated carbocycles. The van der Waals surface area contributed by atoms with Gasteiger partial charge in [0.1, 0.15) is 0 Å². The maximum Gasteiger partial charge on any atom is 0.274 e. The molecule has 0 bridgehead atoms. The molecule has 0 aliphatic carbocycles. The monoisotopic (exact) mass is 297 g/mol. The summed E-state index contributed by atoms with van der Waals surface area (Å²) in [6.07, 6.45) is 2.59. The summed E-state index contributed by atoms with van der Waals surface area (Å²) in [4.78, 5) is 17.3. The molecule has 1 heterocycles. The second kappa shape index (κ2) is 7.20. The number of rotatable bonds is 4. The minimum atomic E-state index is -0.332. The molecule has 1 unspecified atom stereocenters. The van der Waals surface area contributed by atoms with E-state index < -0.39 is 0 Å². The van der Waals surface area contributed by atoms with E-state index >= 15 is 0 Å². The van der Waals surface area contributed by atoms with Crippen molar-refractivity contribution in [2.24, 2.45) is 0 Å². The SMILES string of the molecule is O=C(NOC1CCCCO1)c1ccc(-c2ccccc2)cc1. The highest BCUT2D eigenvalue weighted by molar-refractivity contribution is 5.93. The number of carbonyl (C=O) groups excluding carboxylic acids is 1. The molecule has 1 fully saturated rings. The number of ether oxygens (including phenoxy) is 1. The zero-order chi connectivity index (χ0) is 15.2. The largest absolute Gasteiger partial charge is 0.350 e. The van der Waals surface area contributed by atoms with E-state index in [1.807, 2.05) is 42.5 Å². The molecule has 0 aromatic heterocycles. The predicted octanol–water partition coefficient (Wildman–Crippen LogP) is 3.54. The standard InChI is InChI=1S/C18H19NO3/c20-18(19-22-17-8-4-5-13-21-17)16-11-9-15(10-12-16)14-6-2-1-3-7-14/h1-3,6-7,9-12,17H,4-5,8,13H2,(H,19,20). The molecule has 1 aliphatic rings. The van der Waals surface area contributed by atoms with Gasteiger partial charge in [0, 0.05) is 18.6 Å². The maximum atomic E-state index is 12.0. The number of hydrogen-bond donors (Lipinski definition) is 1. The third-order valence-corrected chi connectivity index (χ3v) is 3.68. The van der Waals surface area contributed by atoms with E-state index in [1.165, 1.54) is 0 Å². The fourth-order valence-electron chi connectivity index (χ4n) is 2.43. The molecule has 1 aliphatic heterocycles. The molecule has 2 aromatic carbocycles. The molecule has 114 valence electrons. The second-order valence-electron chi connectivity index (χ2n) is 5.29. The van der Waals surface area contributed by atoms with Gasteiger partial charge in [-0.3, -0.25) is 4.79 Å². The Morgan fingerprint density at radius 1 is 1.00 bits per heavy atom. The Morgan fingerprint density at radius 2 is 1.73 bits per heavy atom. The van der Waals surface area contributed by atoms with Crippen molar-refractivity contribution in [1.29, 1.82) is 0 Å². The van der Waals surface area contributed by atoms with Gasteiger partial charge in [0.05, 0.1) is 0 Å². The smallest absolute Gasteiger partial charge is 0.274 e. The summed E-state index contributed by atoms with van der Waals surface area (Å²) in [6.45, 7) is 0.687. The molecule has 1 atom stereocenters. The van der Waals surface area contributed by atoms with E-state index in [-0.39, 0.29) is 12.2 Å². The number of benzene rings is 2. The Kier molecular flexibility index (Phi) is 4.83. The minimum absolute atomic E-state index is 0.256. The number of nitrogens with one attached hydrogen (secondary N) is 1. The van der Waals surface area contributed by atoms with E-state index in [4.69, 9.17) is 9.57 Å². The van der Waals surface area contributed by atoms with Crippen molar-refractivity contribution >= 4 is 5.91 Å². The molecule has 4 nitrogen and oxygen atoms in total. The van der Waals surface area contributed by atoms with Crippen molar-refractivity contribution in [3.05, 3.63) is 60.2 Å². The summed E-state index contributed by atoms with van der Waals surface area (Å²) in [7, 11) is 0. The first-order valence-electron chi connectivity index (χ1n) is 7.56. The molecular weight excluding hydrogens is 278 g/mol. The molecule has 22 heavy (non-hydrogen) atoms. The van der Waals surface area contributed by atoms with Crippen LogP contribution in [-0.4, -0.2) is 18.8 Å². The highest BCUT2D eigenvalue weighted by atomic mass is 16.8. The van der Waals surface area contributed by atoms with Crippen LogP contribution in [0.1, 0.15) is 29.6 Å². The van der Waals surface area contributed by atoms with Crippen LogP contribution in [-0.2, 0) is 9.57 Å². The highest BCUT2D eigenvalue weighted by Gasteiger charge is 2.16. The van der Waals surface area contributed by atoms with Crippen LogP contribution >= 0.6 is 0 Å². The van der Waals surface area contributed by atoms with Crippen molar-refractivity contribution in [2.45, 2.75) is 25.6 Å². The van der Waals surface area contributed by atoms with Gasteiger partial charge >= 0.3 is 0 Å². The molecule has 0 spiro atoms. The lowest BCUT2D eigenvalue weighted by molar-refractivity contribution is -0.186. The molecule has 2 aromatic rings. The predicted molar refractivity (Wildman–Crippen MR) is 84.0 cm³/mol. The Balaban J connectivity index is 1.59. The van der Waals surface area contributed by atoms with Gasteiger partial charge in [-0.1, -0.05) is 42.5 Å². The van der Waals surface area contributed by atoms with Gasteiger partial charge in [0.15, 0.2) is 6.29 Å². The van der Waals surface area contributed by atoms with Crippen molar-refractivity contribution in [1.82, 2.24) is 5.48 Å². The molecule has 4 heteroatoms. The summed E-state index contributed by atoms with van der Waals surface area (Å²) in [5, 5.41) is 0. The van der Waals surface area contributed by atoms with Gasteiger partial charge in [-0.2, -0.15) is 0 Å². The van der Waals surface area contributed by atoms with Crippen LogP contribution in [0, 0.1) is 0 Å². The summed E-state index contributed by atoms with van der Waals surface area (Å²) >= 11 is 0. The van der Waals surface area contributed by atoms with Gasteiger partial charge in [-0.05, 0) is 36.1 Å². The van der Waals surface area contributed by atoms with Gasteiger partial charge in [0.2, 0.25) is 0 Å². The fraction of sp³-hybridized carbons (Fsp3) is 0.278. The Hall–Kier alpha value is -2.17. The van der Waals surface area contributed by atoms with Gasteiger partial charge in [-0.25, -0.2) is 10.3 Å². The van der Waals surface area contributed by atoms with Crippen molar-refractivity contribution in [3.8, 4) is 11.1 Å². The number of hydroxylamine groups is 1. The first kappa shape index (κ1) is 14.8. The number of carbonyl (C=O) groups is 1. The maximum absolute atomic E-state index is 12.0. The van der Waals surface area contributed by atoms with Crippen LogP contribution in [0.3, 0.4) is 0 Å². The molecule has 1 N–H and O–H groups in total. The molecule has 1 amide bonds. The van der Waals surface area contributed by atoms with Crippen LogP contribution in [0.15, 0.2) is 54.6 Å². The van der Waals surface area contributed by atoms with E-state index in [0.717, 1.165) is 30.4 Å². The number of hydrogen-bond acceptors (Lipinski definition) is 3. The normalized spacial score (nSPS) is 17.9. The van der Waals surface area contributed by atoms with Crippen molar-refractivity contribution in [3.63, 3.8) is 0 Å². The lowest BCUT2D eigenvalue weighted by Gasteiger charge is -2.22. The summed E-state index contributed by atoms with van der Waals surface area (Å²) in [5.74, 6) is -0.256. The average molecular weight is 297 g/mol. The number of amides is 1. The lowest BCUT2D eigenvalue weighted by atomic mass is 10.0. The second-order valence-corrected chi connectivity index (χ2v) is 5.29. The van der Waals surface area contributed by atoms with Crippen LogP contribution < -0.4 is 5.48 Å². The third kappa shape index (κ3) is 3.72. The summed E-state index contributed by atoms with van der Waals surface area (Å²) < 4.78 is 5.40. The van der Waals surface area contributed by atoms with Crippen molar-refractivity contribution in [2.75, 3.05) is 6.61 Å². The Bertz CT molecular complexity index is 604. The summed E-state index contributed by atoms with van der Waals surface area (Å²) in [5.41, 5.74) is 5.23. The molecular formula is C18H19NO3. The lowest BCUT2D eigenvalue weighted by Crippen LogP contribution is -2.33. The minimum Gasteiger partial charge on any atom is -0.350 e. The van der Waals surface area contributed by atoms with E-state index in [0.29, 0.717) is 12.2 Å². The first-order chi connectivity index (χ1) is 10.8. The average Bonchev–Trinajstić information content (AvgIpc) is 2.61. The van der Waals surface area contributed by atoms with E-state index in [2.05, 4.69) is 5.48 Å². The molecule has 1 saturated heterocycles. The Labute approximate surface area is 130 Å². The van der Waals surface area contributed by atoms with Crippen LogP contribution in [0.4, 0.5) is 0 Å². The first-order valence-corrected chi connectivity index (χ1v) is 7.56. The van der Waals surface area contributed by atoms with Gasteiger partial charge < -0.3 is 4.74 Å². The summed E-state index contributed by atoms with van der Waals surface area (Å²) in [6, 6.07) is 17.5. The van der Waals surface area contributed by atoms with E-state index in [9.17, 15) is 4.79 Å². The Morgan fingerprint density at radius 3 is 2.41 bits per heavy atom. The fourth-order valence-corrected chi connectivity index (χ4v) is 2.43.